The maximum Gasteiger partial charge on any atom is 0.219 e. The zero-order valence-corrected chi connectivity index (χ0v) is 13.6. The van der Waals surface area contributed by atoms with Crippen molar-refractivity contribution in [3.63, 3.8) is 0 Å². The smallest absolute Gasteiger partial charge is 0.219 e. The van der Waals surface area contributed by atoms with Crippen LogP contribution < -0.4 is 0 Å². The zero-order valence-electron chi connectivity index (χ0n) is 12.8. The van der Waals surface area contributed by atoms with Crippen molar-refractivity contribution in [3.8, 4) is 5.75 Å². The molecule has 0 bridgehead atoms. The molecule has 2 rings (SSSR count). The molecule has 20 heavy (non-hydrogen) atoms. The van der Waals surface area contributed by atoms with Gasteiger partial charge in [0.25, 0.3) is 0 Å². The number of aromatic hydroxyl groups is 1. The van der Waals surface area contributed by atoms with E-state index < -0.39 is 14.8 Å². The summed E-state index contributed by atoms with van der Waals surface area (Å²) in [4.78, 5) is 0. The molecule has 1 N–H and O–H groups in total. The van der Waals surface area contributed by atoms with Crippen LogP contribution in [0.25, 0.3) is 0 Å². The molecule has 1 atom stereocenters. The highest BCUT2D eigenvalue weighted by atomic mass is 32.2. The molecular weight excluding hydrogens is 274 g/mol. The summed E-state index contributed by atoms with van der Waals surface area (Å²) in [6.07, 6.45) is 0.699. The number of rotatable bonds is 2. The number of benzene rings is 1. The highest BCUT2D eigenvalue weighted by Gasteiger charge is 2.44. The lowest BCUT2D eigenvalue weighted by atomic mass is 10.00. The minimum absolute atomic E-state index is 0.180. The Morgan fingerprint density at radius 1 is 1.35 bits per heavy atom. The lowest BCUT2D eigenvalue weighted by Crippen LogP contribution is -2.41. The summed E-state index contributed by atoms with van der Waals surface area (Å²) in [7, 11) is -3.41. The quantitative estimate of drug-likeness (QED) is 0.912. The molecular formula is C15H23NO3S. The van der Waals surface area contributed by atoms with Gasteiger partial charge in [0, 0.05) is 12.1 Å². The van der Waals surface area contributed by atoms with E-state index >= 15 is 0 Å². The van der Waals surface area contributed by atoms with Gasteiger partial charge in [-0.05, 0) is 45.2 Å². The van der Waals surface area contributed by atoms with Crippen LogP contribution in [0.15, 0.2) is 12.1 Å². The molecule has 0 unspecified atom stereocenters. The number of phenolic OH excluding ortho intramolecular Hbond substituents is 1. The number of aryl methyl sites for hydroxylation is 1. The summed E-state index contributed by atoms with van der Waals surface area (Å²) in [5, 5.41) is 10.2. The van der Waals surface area contributed by atoms with Crippen LogP contribution in [-0.2, 0) is 16.6 Å². The SMILES string of the molecule is CC[C@H]1c2ccc(C)c(O)c2CN1S(=O)(=O)C(C)(C)C. The van der Waals surface area contributed by atoms with Crippen LogP contribution in [0.3, 0.4) is 0 Å². The Morgan fingerprint density at radius 3 is 2.45 bits per heavy atom. The van der Waals surface area contributed by atoms with Gasteiger partial charge in [0.05, 0.1) is 10.8 Å². The Bertz CT molecular complexity index is 629. The molecule has 0 amide bonds. The van der Waals surface area contributed by atoms with Gasteiger partial charge in [-0.3, -0.25) is 0 Å². The predicted octanol–water partition coefficient (Wildman–Crippen LogP) is 3.10. The van der Waals surface area contributed by atoms with Crippen molar-refractivity contribution in [2.45, 2.75) is 58.4 Å². The third kappa shape index (κ3) is 2.13. The van der Waals surface area contributed by atoms with Crippen molar-refractivity contribution in [2.75, 3.05) is 0 Å². The summed E-state index contributed by atoms with van der Waals surface area (Å²) < 4.78 is 26.2. The fraction of sp³-hybridized carbons (Fsp3) is 0.600. The summed E-state index contributed by atoms with van der Waals surface area (Å²) in [6, 6.07) is 3.61. The van der Waals surface area contributed by atoms with Crippen LogP contribution in [-0.4, -0.2) is 22.6 Å². The molecule has 1 aromatic carbocycles. The molecule has 0 radical (unpaired) electrons. The highest BCUT2D eigenvalue weighted by Crippen LogP contribution is 2.44. The number of nitrogens with zero attached hydrogens (tertiary/aromatic N) is 1. The maximum absolute atomic E-state index is 12.7. The second-order valence-corrected chi connectivity index (χ2v) is 9.03. The number of hydrogen-bond acceptors (Lipinski definition) is 3. The van der Waals surface area contributed by atoms with Crippen molar-refractivity contribution in [3.05, 3.63) is 28.8 Å². The minimum atomic E-state index is -3.41. The number of phenols is 1. The van der Waals surface area contributed by atoms with Gasteiger partial charge in [0.2, 0.25) is 10.0 Å². The van der Waals surface area contributed by atoms with Gasteiger partial charge in [0.15, 0.2) is 0 Å². The molecule has 1 aromatic rings. The molecule has 0 saturated heterocycles. The van der Waals surface area contributed by atoms with Crippen molar-refractivity contribution >= 4 is 10.0 Å². The van der Waals surface area contributed by atoms with Crippen molar-refractivity contribution < 1.29 is 13.5 Å². The Labute approximate surface area is 121 Å². The molecule has 4 nitrogen and oxygen atoms in total. The average Bonchev–Trinajstić information content (AvgIpc) is 2.72. The largest absolute Gasteiger partial charge is 0.507 e. The van der Waals surface area contributed by atoms with Gasteiger partial charge in [-0.15, -0.1) is 0 Å². The van der Waals surface area contributed by atoms with E-state index in [1.807, 2.05) is 26.0 Å². The lowest BCUT2D eigenvalue weighted by molar-refractivity contribution is 0.330. The monoisotopic (exact) mass is 297 g/mol. The Balaban J connectivity index is 2.55. The Hall–Kier alpha value is -1.07. The average molecular weight is 297 g/mol. The van der Waals surface area contributed by atoms with Crippen LogP contribution in [0.4, 0.5) is 0 Å². The number of sulfonamides is 1. The van der Waals surface area contributed by atoms with Gasteiger partial charge in [-0.2, -0.15) is 4.31 Å². The first kappa shape index (κ1) is 15.3. The number of hydrogen-bond donors (Lipinski definition) is 1. The van der Waals surface area contributed by atoms with Gasteiger partial charge >= 0.3 is 0 Å². The first-order chi connectivity index (χ1) is 9.11. The van der Waals surface area contributed by atoms with Crippen LogP contribution in [0, 0.1) is 6.92 Å². The molecule has 112 valence electrons. The minimum Gasteiger partial charge on any atom is -0.507 e. The predicted molar refractivity (Wildman–Crippen MR) is 80.1 cm³/mol. The second-order valence-electron chi connectivity index (χ2n) is 6.39. The summed E-state index contributed by atoms with van der Waals surface area (Å²) in [5.74, 6) is 0.229. The van der Waals surface area contributed by atoms with Crippen molar-refractivity contribution in [1.82, 2.24) is 4.31 Å². The molecule has 0 aromatic heterocycles. The fourth-order valence-electron chi connectivity index (χ4n) is 2.70. The van der Waals surface area contributed by atoms with Crippen LogP contribution >= 0.6 is 0 Å². The molecule has 0 saturated carbocycles. The van der Waals surface area contributed by atoms with E-state index in [-0.39, 0.29) is 18.3 Å². The maximum atomic E-state index is 12.7. The summed E-state index contributed by atoms with van der Waals surface area (Å²) in [6.45, 7) is 9.20. The zero-order chi connectivity index (χ0) is 15.3. The fourth-order valence-corrected chi connectivity index (χ4v) is 4.30. The Kier molecular flexibility index (Phi) is 3.63. The topological polar surface area (TPSA) is 57.6 Å². The van der Waals surface area contributed by atoms with Crippen molar-refractivity contribution in [2.24, 2.45) is 0 Å². The van der Waals surface area contributed by atoms with E-state index in [0.717, 1.165) is 16.7 Å². The van der Waals surface area contributed by atoms with E-state index in [9.17, 15) is 13.5 Å². The van der Waals surface area contributed by atoms with Gasteiger partial charge < -0.3 is 5.11 Å². The van der Waals surface area contributed by atoms with Gasteiger partial charge in [-0.25, -0.2) is 8.42 Å². The normalized spacial score (nSPS) is 20.1. The molecule has 1 heterocycles. The van der Waals surface area contributed by atoms with Crippen molar-refractivity contribution in [1.29, 1.82) is 0 Å². The van der Waals surface area contributed by atoms with Crippen LogP contribution in [0.5, 0.6) is 5.75 Å². The molecule has 0 aliphatic carbocycles. The lowest BCUT2D eigenvalue weighted by Gasteiger charge is -2.30. The summed E-state index contributed by atoms with van der Waals surface area (Å²) >= 11 is 0. The molecule has 0 spiro atoms. The van der Waals surface area contributed by atoms with E-state index in [2.05, 4.69) is 0 Å². The third-order valence-corrected chi connectivity index (χ3v) is 6.56. The molecule has 1 aliphatic heterocycles. The first-order valence-electron chi connectivity index (χ1n) is 6.94. The van der Waals surface area contributed by atoms with Crippen LogP contribution in [0.1, 0.15) is 56.8 Å². The molecule has 5 heteroatoms. The van der Waals surface area contributed by atoms with E-state index in [4.69, 9.17) is 0 Å². The first-order valence-corrected chi connectivity index (χ1v) is 8.38. The van der Waals surface area contributed by atoms with E-state index in [1.54, 1.807) is 20.8 Å². The summed E-state index contributed by atoms with van der Waals surface area (Å²) in [5.41, 5.74) is 2.47. The van der Waals surface area contributed by atoms with E-state index in [0.29, 0.717) is 6.42 Å². The van der Waals surface area contributed by atoms with Gasteiger partial charge in [0.1, 0.15) is 5.75 Å². The van der Waals surface area contributed by atoms with E-state index in [1.165, 1.54) is 4.31 Å². The molecule has 1 aliphatic rings. The van der Waals surface area contributed by atoms with Crippen LogP contribution in [0.2, 0.25) is 0 Å². The Morgan fingerprint density at radius 2 is 1.95 bits per heavy atom. The standard InChI is InChI=1S/C15H23NO3S/c1-6-13-11-8-7-10(2)14(17)12(11)9-16(13)20(18,19)15(3,4)5/h7-8,13,17H,6,9H2,1-5H3/t13-/m0/s1. The second kappa shape index (κ2) is 4.74. The third-order valence-electron chi connectivity index (χ3n) is 4.01. The highest BCUT2D eigenvalue weighted by molar-refractivity contribution is 7.90. The van der Waals surface area contributed by atoms with Gasteiger partial charge in [-0.1, -0.05) is 19.1 Å². The molecule has 0 fully saturated rings. The number of fused-ring (bicyclic) bond motifs is 1.